The fraction of sp³-hybridized carbons (Fsp3) is 0.429. The number of imidazole rings is 1. The van der Waals surface area contributed by atoms with E-state index in [9.17, 15) is 4.79 Å². The Hall–Kier alpha value is -1.59. The van der Waals surface area contributed by atoms with Crippen LogP contribution in [0.25, 0.3) is 5.65 Å². The van der Waals surface area contributed by atoms with Crippen molar-refractivity contribution in [3.05, 3.63) is 34.7 Å². The molecule has 0 atom stereocenters. The zero-order chi connectivity index (χ0) is 14.5. The second-order valence-corrected chi connectivity index (χ2v) is 5.10. The monoisotopic (exact) mass is 295 g/mol. The van der Waals surface area contributed by atoms with Gasteiger partial charge in [-0.05, 0) is 32.3 Å². The summed E-state index contributed by atoms with van der Waals surface area (Å²) in [5.41, 5.74) is 1.89. The summed E-state index contributed by atoms with van der Waals surface area (Å²) in [6.45, 7) is 2.60. The number of aromatic nitrogens is 2. The van der Waals surface area contributed by atoms with Crippen LogP contribution in [0.3, 0.4) is 0 Å². The number of aliphatic hydroxyl groups excluding tert-OH is 1. The van der Waals surface area contributed by atoms with E-state index in [0.29, 0.717) is 28.6 Å². The van der Waals surface area contributed by atoms with E-state index in [1.54, 1.807) is 22.7 Å². The number of aliphatic hydroxyl groups is 1. The number of hydrogen-bond acceptors (Lipinski definition) is 3. The second-order valence-electron chi connectivity index (χ2n) is 4.66. The number of amides is 1. The number of nitrogens with zero attached hydrogens (tertiary/aromatic N) is 2. The fourth-order valence-corrected chi connectivity index (χ4v) is 2.26. The minimum atomic E-state index is -0.138. The minimum absolute atomic E-state index is 0.138. The number of nitrogens with one attached hydrogen (secondary N) is 1. The molecule has 0 fully saturated rings. The topological polar surface area (TPSA) is 66.6 Å². The van der Waals surface area contributed by atoms with E-state index in [1.807, 2.05) is 6.92 Å². The van der Waals surface area contributed by atoms with Crippen LogP contribution in [0.5, 0.6) is 0 Å². The number of pyridine rings is 1. The van der Waals surface area contributed by atoms with Gasteiger partial charge in [-0.1, -0.05) is 11.6 Å². The highest BCUT2D eigenvalue weighted by Crippen LogP contribution is 2.16. The second kappa shape index (κ2) is 6.72. The van der Waals surface area contributed by atoms with Crippen molar-refractivity contribution in [2.45, 2.75) is 26.2 Å². The maximum atomic E-state index is 12.2. The van der Waals surface area contributed by atoms with E-state index >= 15 is 0 Å². The smallest absolute Gasteiger partial charge is 0.270 e. The van der Waals surface area contributed by atoms with Crippen LogP contribution >= 0.6 is 11.6 Å². The Morgan fingerprint density at radius 3 is 3.00 bits per heavy atom. The van der Waals surface area contributed by atoms with Gasteiger partial charge in [-0.2, -0.15) is 0 Å². The lowest BCUT2D eigenvalue weighted by molar-refractivity contribution is 0.0946. The molecule has 2 heterocycles. The molecule has 0 unspecified atom stereocenters. The first-order valence-electron chi connectivity index (χ1n) is 6.66. The number of carbonyl (C=O) groups excluding carboxylic acids is 1. The minimum Gasteiger partial charge on any atom is -0.396 e. The summed E-state index contributed by atoms with van der Waals surface area (Å²) in [7, 11) is 0. The Labute approximate surface area is 122 Å². The number of fused-ring (bicyclic) bond motifs is 1. The SMILES string of the molecule is Cc1nc2cc(Cl)ccn2c1C(=O)NCCCCCO. The Balaban J connectivity index is 2.08. The van der Waals surface area contributed by atoms with Gasteiger partial charge in [0.15, 0.2) is 0 Å². The molecule has 0 saturated heterocycles. The van der Waals surface area contributed by atoms with E-state index in [4.69, 9.17) is 16.7 Å². The molecule has 0 aliphatic heterocycles. The Morgan fingerprint density at radius 2 is 2.25 bits per heavy atom. The van der Waals surface area contributed by atoms with Crippen LogP contribution in [0.1, 0.15) is 35.4 Å². The number of unbranched alkanes of at least 4 members (excludes halogenated alkanes) is 2. The molecule has 0 aromatic carbocycles. The van der Waals surface area contributed by atoms with E-state index in [2.05, 4.69) is 10.3 Å². The number of carbonyl (C=O) groups is 1. The molecule has 0 saturated carbocycles. The summed E-state index contributed by atoms with van der Waals surface area (Å²) in [6, 6.07) is 3.46. The standard InChI is InChI=1S/C14H18ClN3O2/c1-10-13(14(20)16-6-3-2-4-8-19)18-7-5-11(15)9-12(18)17-10/h5,7,9,19H,2-4,6,8H2,1H3,(H,16,20). The molecule has 2 aromatic heterocycles. The van der Waals surface area contributed by atoms with Crippen molar-refractivity contribution in [1.82, 2.24) is 14.7 Å². The van der Waals surface area contributed by atoms with Crippen molar-refractivity contribution in [3.8, 4) is 0 Å². The van der Waals surface area contributed by atoms with Gasteiger partial charge in [-0.3, -0.25) is 9.20 Å². The summed E-state index contributed by atoms with van der Waals surface area (Å²) in [5, 5.41) is 12.2. The van der Waals surface area contributed by atoms with Crippen LogP contribution in [-0.4, -0.2) is 33.6 Å². The van der Waals surface area contributed by atoms with Crippen molar-refractivity contribution in [3.63, 3.8) is 0 Å². The molecule has 0 radical (unpaired) electrons. The first-order chi connectivity index (χ1) is 9.63. The van der Waals surface area contributed by atoms with Gasteiger partial charge in [0.05, 0.1) is 5.69 Å². The first kappa shape index (κ1) is 14.8. The van der Waals surface area contributed by atoms with E-state index in [-0.39, 0.29) is 12.5 Å². The summed E-state index contributed by atoms with van der Waals surface area (Å²) in [5.74, 6) is -0.138. The molecule has 2 rings (SSSR count). The van der Waals surface area contributed by atoms with E-state index in [1.165, 1.54) is 0 Å². The highest BCUT2D eigenvalue weighted by molar-refractivity contribution is 6.30. The Kier molecular flexibility index (Phi) is 4.98. The van der Waals surface area contributed by atoms with Crippen molar-refractivity contribution in [2.24, 2.45) is 0 Å². The molecule has 6 heteroatoms. The summed E-state index contributed by atoms with van der Waals surface area (Å²) < 4.78 is 1.74. The summed E-state index contributed by atoms with van der Waals surface area (Å²) in [4.78, 5) is 16.5. The normalized spacial score (nSPS) is 10.9. The highest BCUT2D eigenvalue weighted by atomic mass is 35.5. The van der Waals surface area contributed by atoms with Crippen molar-refractivity contribution < 1.29 is 9.90 Å². The molecule has 20 heavy (non-hydrogen) atoms. The molecule has 0 bridgehead atoms. The summed E-state index contributed by atoms with van der Waals surface area (Å²) in [6.07, 6.45) is 4.27. The van der Waals surface area contributed by atoms with Gasteiger partial charge in [0.1, 0.15) is 11.3 Å². The predicted octanol–water partition coefficient (Wildman–Crippen LogP) is 2.19. The lowest BCUT2D eigenvalue weighted by Gasteiger charge is -2.05. The van der Waals surface area contributed by atoms with Gasteiger partial charge >= 0.3 is 0 Å². The van der Waals surface area contributed by atoms with Gasteiger partial charge < -0.3 is 10.4 Å². The van der Waals surface area contributed by atoms with Crippen LogP contribution < -0.4 is 5.32 Å². The molecular weight excluding hydrogens is 278 g/mol. The molecular formula is C14H18ClN3O2. The van der Waals surface area contributed by atoms with Crippen LogP contribution in [0.2, 0.25) is 5.02 Å². The zero-order valence-electron chi connectivity index (χ0n) is 11.4. The van der Waals surface area contributed by atoms with Crippen molar-refractivity contribution in [1.29, 1.82) is 0 Å². The van der Waals surface area contributed by atoms with Crippen LogP contribution in [0, 0.1) is 6.92 Å². The first-order valence-corrected chi connectivity index (χ1v) is 7.04. The number of aryl methyl sites for hydroxylation is 1. The Bertz CT molecular complexity index is 610. The molecule has 0 spiro atoms. The molecule has 0 aliphatic carbocycles. The third-order valence-electron chi connectivity index (χ3n) is 3.10. The number of halogens is 1. The summed E-state index contributed by atoms with van der Waals surface area (Å²) >= 11 is 5.92. The number of rotatable bonds is 6. The van der Waals surface area contributed by atoms with Crippen molar-refractivity contribution in [2.75, 3.05) is 13.2 Å². The van der Waals surface area contributed by atoms with Gasteiger partial charge in [0.2, 0.25) is 0 Å². The van der Waals surface area contributed by atoms with E-state index < -0.39 is 0 Å². The predicted molar refractivity (Wildman–Crippen MR) is 78.2 cm³/mol. The average molecular weight is 296 g/mol. The molecule has 5 nitrogen and oxygen atoms in total. The maximum absolute atomic E-state index is 12.2. The largest absolute Gasteiger partial charge is 0.396 e. The van der Waals surface area contributed by atoms with Gasteiger partial charge in [0.25, 0.3) is 5.91 Å². The quantitative estimate of drug-likeness (QED) is 0.803. The van der Waals surface area contributed by atoms with Gasteiger partial charge in [0, 0.05) is 30.4 Å². The van der Waals surface area contributed by atoms with Crippen LogP contribution in [0.4, 0.5) is 0 Å². The third kappa shape index (κ3) is 3.29. The van der Waals surface area contributed by atoms with Gasteiger partial charge in [-0.25, -0.2) is 4.98 Å². The lowest BCUT2D eigenvalue weighted by Crippen LogP contribution is -2.26. The molecule has 0 aliphatic rings. The van der Waals surface area contributed by atoms with Crippen molar-refractivity contribution >= 4 is 23.2 Å². The Morgan fingerprint density at radius 1 is 1.45 bits per heavy atom. The fourth-order valence-electron chi connectivity index (χ4n) is 2.11. The lowest BCUT2D eigenvalue weighted by atomic mass is 10.2. The highest BCUT2D eigenvalue weighted by Gasteiger charge is 2.16. The van der Waals surface area contributed by atoms with Crippen LogP contribution in [-0.2, 0) is 0 Å². The maximum Gasteiger partial charge on any atom is 0.270 e. The van der Waals surface area contributed by atoms with Gasteiger partial charge in [-0.15, -0.1) is 0 Å². The molecule has 108 valence electrons. The average Bonchev–Trinajstić information content (AvgIpc) is 2.73. The van der Waals surface area contributed by atoms with Crippen LogP contribution in [0.15, 0.2) is 18.3 Å². The molecule has 2 N–H and O–H groups in total. The third-order valence-corrected chi connectivity index (χ3v) is 3.33. The zero-order valence-corrected chi connectivity index (χ0v) is 12.2. The molecule has 2 aromatic rings. The molecule has 1 amide bonds. The van der Waals surface area contributed by atoms with E-state index in [0.717, 1.165) is 19.3 Å². The number of hydrogen-bond donors (Lipinski definition) is 2.